The number of thiazole rings is 1. The van der Waals surface area contributed by atoms with Gasteiger partial charge in [-0.25, -0.2) is 9.97 Å². The second-order valence-electron chi connectivity index (χ2n) is 5.15. The van der Waals surface area contributed by atoms with Crippen LogP contribution in [0.25, 0.3) is 10.6 Å². The minimum Gasteiger partial charge on any atom is -0.497 e. The maximum Gasteiger partial charge on any atom is 0.144 e. The number of benzene rings is 1. The van der Waals surface area contributed by atoms with E-state index in [9.17, 15) is 0 Å². The highest BCUT2D eigenvalue weighted by Gasteiger charge is 2.15. The Hall–Kier alpha value is -2.47. The van der Waals surface area contributed by atoms with E-state index in [4.69, 9.17) is 9.72 Å². The van der Waals surface area contributed by atoms with Crippen LogP contribution in [0.2, 0.25) is 0 Å². The molecule has 0 aliphatic rings. The van der Waals surface area contributed by atoms with Gasteiger partial charge in [0.15, 0.2) is 0 Å². The van der Waals surface area contributed by atoms with Crippen LogP contribution in [0.3, 0.4) is 0 Å². The van der Waals surface area contributed by atoms with Gasteiger partial charge in [0, 0.05) is 22.8 Å². The van der Waals surface area contributed by atoms with Gasteiger partial charge in [-0.3, -0.25) is 4.98 Å². The Labute approximate surface area is 139 Å². The molecule has 2 heterocycles. The molecule has 0 spiro atoms. The fourth-order valence-electron chi connectivity index (χ4n) is 2.33. The van der Waals surface area contributed by atoms with Gasteiger partial charge in [0.05, 0.1) is 25.0 Å². The van der Waals surface area contributed by atoms with E-state index < -0.39 is 0 Å². The predicted molar refractivity (Wildman–Crippen MR) is 92.9 cm³/mol. The lowest BCUT2D eigenvalue weighted by molar-refractivity contribution is 0.415. The Bertz CT molecular complexity index is 771. The van der Waals surface area contributed by atoms with E-state index in [1.807, 2.05) is 31.2 Å². The molecular weight excluding hydrogens is 308 g/mol. The topological polar surface area (TPSA) is 59.9 Å². The van der Waals surface area contributed by atoms with Crippen molar-refractivity contribution in [3.8, 4) is 16.3 Å². The van der Waals surface area contributed by atoms with Crippen LogP contribution in [0.1, 0.15) is 23.5 Å². The zero-order valence-electron chi connectivity index (χ0n) is 13.3. The molecule has 0 saturated heterocycles. The van der Waals surface area contributed by atoms with Crippen molar-refractivity contribution < 1.29 is 4.74 Å². The van der Waals surface area contributed by atoms with E-state index in [1.54, 1.807) is 37.0 Å². The molecule has 0 amide bonds. The zero-order chi connectivity index (χ0) is 16.2. The highest BCUT2D eigenvalue weighted by molar-refractivity contribution is 7.15. The number of methoxy groups -OCH3 is 1. The maximum absolute atomic E-state index is 5.20. The normalized spacial score (nSPS) is 12.0. The number of hydrogen-bond donors (Lipinski definition) is 1. The van der Waals surface area contributed by atoms with Crippen LogP contribution in [0, 0.1) is 6.92 Å². The molecule has 6 heteroatoms. The quantitative estimate of drug-likeness (QED) is 0.765. The number of aromatic nitrogens is 3. The summed E-state index contributed by atoms with van der Waals surface area (Å²) in [5.74, 6) is 1.61. The van der Waals surface area contributed by atoms with E-state index in [0.29, 0.717) is 0 Å². The molecule has 23 heavy (non-hydrogen) atoms. The standard InChI is InChI=1S/C17H18N4OS/c1-11(20-15-10-18-8-9-19-15)16-12(2)21-17(23-16)13-4-6-14(22-3)7-5-13/h4-11H,1-3H3,(H,19,20). The summed E-state index contributed by atoms with van der Waals surface area (Å²) in [5, 5.41) is 4.37. The Balaban J connectivity index is 1.82. The Kier molecular flexibility index (Phi) is 4.52. The number of hydrogen-bond acceptors (Lipinski definition) is 6. The molecule has 0 bridgehead atoms. The lowest BCUT2D eigenvalue weighted by Crippen LogP contribution is -2.07. The smallest absolute Gasteiger partial charge is 0.144 e. The minimum atomic E-state index is 0.121. The molecule has 0 fully saturated rings. The van der Waals surface area contributed by atoms with Crippen molar-refractivity contribution in [3.63, 3.8) is 0 Å². The third-order valence-corrected chi connectivity index (χ3v) is 4.88. The zero-order valence-corrected chi connectivity index (χ0v) is 14.1. The van der Waals surface area contributed by atoms with E-state index in [0.717, 1.165) is 27.8 Å². The number of aryl methyl sites for hydroxylation is 1. The molecule has 0 aliphatic carbocycles. The summed E-state index contributed by atoms with van der Waals surface area (Å²) in [5.41, 5.74) is 2.13. The summed E-state index contributed by atoms with van der Waals surface area (Å²) in [4.78, 5) is 14.2. The first-order valence-corrected chi connectivity index (χ1v) is 8.13. The molecule has 5 nitrogen and oxygen atoms in total. The number of ether oxygens (including phenoxy) is 1. The molecule has 3 aromatic rings. The lowest BCUT2D eigenvalue weighted by atomic mass is 10.2. The minimum absolute atomic E-state index is 0.121. The van der Waals surface area contributed by atoms with Gasteiger partial charge >= 0.3 is 0 Å². The Morgan fingerprint density at radius 2 is 1.96 bits per heavy atom. The molecule has 0 saturated carbocycles. The number of nitrogens with zero attached hydrogens (tertiary/aromatic N) is 3. The monoisotopic (exact) mass is 326 g/mol. The number of rotatable bonds is 5. The van der Waals surface area contributed by atoms with Crippen molar-refractivity contribution in [1.29, 1.82) is 0 Å². The van der Waals surface area contributed by atoms with Crippen LogP contribution in [-0.2, 0) is 0 Å². The molecule has 0 radical (unpaired) electrons. The summed E-state index contributed by atoms with van der Waals surface area (Å²) in [6.07, 6.45) is 5.06. The van der Waals surface area contributed by atoms with Crippen molar-refractivity contribution in [3.05, 3.63) is 53.4 Å². The second-order valence-corrected chi connectivity index (χ2v) is 6.18. The van der Waals surface area contributed by atoms with Crippen molar-refractivity contribution in [2.24, 2.45) is 0 Å². The largest absolute Gasteiger partial charge is 0.497 e. The number of nitrogens with one attached hydrogen (secondary N) is 1. The predicted octanol–water partition coefficient (Wildman–Crippen LogP) is 4.09. The molecule has 1 N–H and O–H groups in total. The van der Waals surface area contributed by atoms with Crippen LogP contribution in [-0.4, -0.2) is 22.1 Å². The van der Waals surface area contributed by atoms with Crippen LogP contribution in [0.4, 0.5) is 5.82 Å². The summed E-state index contributed by atoms with van der Waals surface area (Å²) in [7, 11) is 1.67. The van der Waals surface area contributed by atoms with Crippen molar-refractivity contribution >= 4 is 17.2 Å². The SMILES string of the molecule is COc1ccc(-c2nc(C)c(C(C)Nc3cnccn3)s2)cc1. The summed E-state index contributed by atoms with van der Waals surface area (Å²) in [6, 6.07) is 8.08. The highest BCUT2D eigenvalue weighted by Crippen LogP contribution is 2.33. The fraction of sp³-hybridized carbons (Fsp3) is 0.235. The Morgan fingerprint density at radius 3 is 2.61 bits per heavy atom. The average molecular weight is 326 g/mol. The van der Waals surface area contributed by atoms with Crippen LogP contribution >= 0.6 is 11.3 Å². The summed E-state index contributed by atoms with van der Waals surface area (Å²) in [6.45, 7) is 4.14. The lowest BCUT2D eigenvalue weighted by Gasteiger charge is -2.12. The first kappa shape index (κ1) is 15.4. The average Bonchev–Trinajstić information content (AvgIpc) is 2.98. The van der Waals surface area contributed by atoms with E-state index in [-0.39, 0.29) is 6.04 Å². The van der Waals surface area contributed by atoms with Gasteiger partial charge in [-0.2, -0.15) is 0 Å². The maximum atomic E-state index is 5.20. The van der Waals surface area contributed by atoms with Gasteiger partial charge < -0.3 is 10.1 Å². The van der Waals surface area contributed by atoms with Gasteiger partial charge in [0.25, 0.3) is 0 Å². The van der Waals surface area contributed by atoms with Gasteiger partial charge in [0.1, 0.15) is 16.6 Å². The summed E-state index contributed by atoms with van der Waals surface area (Å²) >= 11 is 1.69. The van der Waals surface area contributed by atoms with E-state index in [1.165, 1.54) is 4.88 Å². The third-order valence-electron chi connectivity index (χ3n) is 3.49. The summed E-state index contributed by atoms with van der Waals surface area (Å²) < 4.78 is 5.20. The molecular formula is C17H18N4OS. The van der Waals surface area contributed by atoms with Crippen molar-refractivity contribution in [2.45, 2.75) is 19.9 Å². The van der Waals surface area contributed by atoms with Crippen molar-refractivity contribution in [2.75, 3.05) is 12.4 Å². The van der Waals surface area contributed by atoms with Crippen LogP contribution < -0.4 is 10.1 Å². The fourth-order valence-corrected chi connectivity index (χ4v) is 3.40. The van der Waals surface area contributed by atoms with Gasteiger partial charge in [-0.15, -0.1) is 11.3 Å². The first-order valence-electron chi connectivity index (χ1n) is 7.31. The first-order chi connectivity index (χ1) is 11.2. The Morgan fingerprint density at radius 1 is 1.17 bits per heavy atom. The molecule has 1 atom stereocenters. The van der Waals surface area contributed by atoms with Gasteiger partial charge in [-0.1, -0.05) is 0 Å². The molecule has 3 rings (SSSR count). The molecule has 1 aromatic carbocycles. The highest BCUT2D eigenvalue weighted by atomic mass is 32.1. The third kappa shape index (κ3) is 3.48. The van der Waals surface area contributed by atoms with E-state index in [2.05, 4.69) is 22.2 Å². The van der Waals surface area contributed by atoms with Crippen LogP contribution in [0.5, 0.6) is 5.75 Å². The van der Waals surface area contributed by atoms with Crippen molar-refractivity contribution in [1.82, 2.24) is 15.0 Å². The van der Waals surface area contributed by atoms with Gasteiger partial charge in [-0.05, 0) is 38.1 Å². The molecule has 1 unspecified atom stereocenters. The van der Waals surface area contributed by atoms with Gasteiger partial charge in [0.2, 0.25) is 0 Å². The number of anilines is 1. The van der Waals surface area contributed by atoms with E-state index >= 15 is 0 Å². The molecule has 2 aromatic heterocycles. The second kappa shape index (κ2) is 6.75. The van der Waals surface area contributed by atoms with Crippen LogP contribution in [0.15, 0.2) is 42.9 Å². The molecule has 118 valence electrons. The molecule has 0 aliphatic heterocycles.